The van der Waals surface area contributed by atoms with E-state index in [1.165, 1.54) is 12.4 Å². The number of aliphatic hydroxyl groups is 1. The van der Waals surface area contributed by atoms with Crippen LogP contribution in [0.3, 0.4) is 0 Å². The fraction of sp³-hybridized carbons (Fsp3) is 0.615. The Balaban J connectivity index is 2.12. The van der Waals surface area contributed by atoms with Crippen LogP contribution in [0, 0.1) is 5.92 Å². The van der Waals surface area contributed by atoms with Gasteiger partial charge in [0.2, 0.25) is 0 Å². The fourth-order valence-corrected chi connectivity index (χ4v) is 2.86. The molecule has 0 saturated heterocycles. The lowest BCUT2D eigenvalue weighted by Crippen LogP contribution is -2.54. The number of carbonyl (C=O) groups excluding carboxylic acids is 1. The van der Waals surface area contributed by atoms with Crippen LogP contribution in [0.4, 0.5) is 0 Å². The third-order valence-electron chi connectivity index (χ3n) is 3.61. The van der Waals surface area contributed by atoms with Crippen LogP contribution in [0.15, 0.2) is 12.4 Å². The second-order valence-electron chi connectivity index (χ2n) is 5.32. The molecule has 1 aromatic heterocycles. The minimum atomic E-state index is -0.543. The first-order valence-corrected chi connectivity index (χ1v) is 6.83. The van der Waals surface area contributed by atoms with Crippen molar-refractivity contribution in [2.75, 3.05) is 6.61 Å². The maximum atomic E-state index is 12.2. The smallest absolute Gasteiger partial charge is 0.272 e. The number of rotatable bonds is 3. The molecule has 19 heavy (non-hydrogen) atoms. The number of hydrogen-bond acceptors (Lipinski definition) is 4. The Bertz CT molecular complexity index is 469. The second kappa shape index (κ2) is 5.84. The number of halogens is 1. The molecule has 1 fully saturated rings. The number of nitrogens with zero attached hydrogens (tertiary/aromatic N) is 2. The summed E-state index contributed by atoms with van der Waals surface area (Å²) in [6.07, 6.45) is 6.45. The second-order valence-corrected chi connectivity index (χ2v) is 5.71. The minimum absolute atomic E-state index is 0.0585. The van der Waals surface area contributed by atoms with Crippen LogP contribution >= 0.6 is 11.6 Å². The summed E-state index contributed by atoms with van der Waals surface area (Å²) in [5.74, 6) is 0.157. The molecule has 104 valence electrons. The van der Waals surface area contributed by atoms with E-state index in [2.05, 4.69) is 22.2 Å². The van der Waals surface area contributed by atoms with Gasteiger partial charge in [-0.3, -0.25) is 9.78 Å². The molecule has 0 bridgehead atoms. The summed E-state index contributed by atoms with van der Waals surface area (Å²) < 4.78 is 0. The Kier molecular flexibility index (Phi) is 4.37. The van der Waals surface area contributed by atoms with E-state index in [4.69, 9.17) is 11.6 Å². The number of aliphatic hydroxyl groups excluding tert-OH is 1. The van der Waals surface area contributed by atoms with Crippen LogP contribution in [-0.4, -0.2) is 33.1 Å². The summed E-state index contributed by atoms with van der Waals surface area (Å²) in [4.78, 5) is 19.9. The average molecular weight is 284 g/mol. The molecule has 0 aliphatic heterocycles. The zero-order valence-electron chi connectivity index (χ0n) is 10.9. The highest BCUT2D eigenvalue weighted by molar-refractivity contribution is 6.29. The Morgan fingerprint density at radius 2 is 2.42 bits per heavy atom. The van der Waals surface area contributed by atoms with Gasteiger partial charge >= 0.3 is 0 Å². The molecule has 5 nitrogen and oxygen atoms in total. The van der Waals surface area contributed by atoms with E-state index in [1.807, 2.05) is 0 Å². The minimum Gasteiger partial charge on any atom is -0.394 e. The summed E-state index contributed by atoms with van der Waals surface area (Å²) in [5.41, 5.74) is -0.364. The molecule has 2 unspecified atom stereocenters. The van der Waals surface area contributed by atoms with Gasteiger partial charge < -0.3 is 10.4 Å². The predicted octanol–water partition coefficient (Wildman–Crippen LogP) is 1.80. The van der Waals surface area contributed by atoms with E-state index < -0.39 is 5.54 Å². The highest BCUT2D eigenvalue weighted by Crippen LogP contribution is 2.32. The third kappa shape index (κ3) is 3.42. The Hall–Kier alpha value is -1.20. The van der Waals surface area contributed by atoms with E-state index in [9.17, 15) is 9.90 Å². The molecule has 6 heteroatoms. The topological polar surface area (TPSA) is 75.1 Å². The van der Waals surface area contributed by atoms with Gasteiger partial charge in [0.1, 0.15) is 10.8 Å². The van der Waals surface area contributed by atoms with Crippen molar-refractivity contribution >= 4 is 17.5 Å². The lowest BCUT2D eigenvalue weighted by molar-refractivity contribution is 0.0692. The molecule has 2 atom stereocenters. The third-order valence-corrected chi connectivity index (χ3v) is 3.79. The van der Waals surface area contributed by atoms with Crippen LogP contribution in [0.1, 0.15) is 43.1 Å². The van der Waals surface area contributed by atoms with Crippen LogP contribution in [-0.2, 0) is 0 Å². The number of amides is 1. The highest BCUT2D eigenvalue weighted by Gasteiger charge is 2.36. The molecule has 1 amide bonds. The molecular weight excluding hydrogens is 266 g/mol. The lowest BCUT2D eigenvalue weighted by atomic mass is 9.77. The van der Waals surface area contributed by atoms with Gasteiger partial charge in [-0.2, -0.15) is 0 Å². The largest absolute Gasteiger partial charge is 0.394 e. The van der Waals surface area contributed by atoms with Gasteiger partial charge in [0.15, 0.2) is 0 Å². The van der Waals surface area contributed by atoms with E-state index in [0.29, 0.717) is 5.92 Å². The summed E-state index contributed by atoms with van der Waals surface area (Å²) in [6, 6.07) is 0. The van der Waals surface area contributed by atoms with Gasteiger partial charge in [0.05, 0.1) is 24.5 Å². The molecule has 1 aromatic rings. The van der Waals surface area contributed by atoms with Crippen molar-refractivity contribution in [1.29, 1.82) is 0 Å². The molecule has 1 heterocycles. The maximum Gasteiger partial charge on any atom is 0.272 e. The SMILES string of the molecule is CC1CCCC(CO)(NC(=O)c2cncc(Cl)n2)C1. The van der Waals surface area contributed by atoms with E-state index in [-0.39, 0.29) is 23.4 Å². The highest BCUT2D eigenvalue weighted by atomic mass is 35.5. The quantitative estimate of drug-likeness (QED) is 0.887. The number of nitrogens with one attached hydrogen (secondary N) is 1. The van der Waals surface area contributed by atoms with Crippen LogP contribution in [0.5, 0.6) is 0 Å². The Labute approximate surface area is 117 Å². The van der Waals surface area contributed by atoms with Crippen LogP contribution in [0.2, 0.25) is 5.15 Å². The molecule has 1 aliphatic rings. The zero-order valence-corrected chi connectivity index (χ0v) is 11.7. The number of hydrogen-bond donors (Lipinski definition) is 2. The first-order chi connectivity index (χ1) is 9.04. The normalized spacial score (nSPS) is 27.0. The molecule has 1 saturated carbocycles. The van der Waals surface area contributed by atoms with Gasteiger partial charge in [-0.1, -0.05) is 31.4 Å². The van der Waals surface area contributed by atoms with Gasteiger partial charge in [0.25, 0.3) is 5.91 Å². The monoisotopic (exact) mass is 283 g/mol. The van der Waals surface area contributed by atoms with Gasteiger partial charge in [0, 0.05) is 0 Å². The van der Waals surface area contributed by atoms with Crippen molar-refractivity contribution in [3.05, 3.63) is 23.2 Å². The zero-order chi connectivity index (χ0) is 13.9. The molecule has 0 aromatic carbocycles. The van der Waals surface area contributed by atoms with Crippen molar-refractivity contribution < 1.29 is 9.90 Å². The summed E-state index contributed by atoms with van der Waals surface area (Å²) >= 11 is 5.72. The van der Waals surface area contributed by atoms with Crippen LogP contribution < -0.4 is 5.32 Å². The van der Waals surface area contributed by atoms with E-state index >= 15 is 0 Å². The molecular formula is C13H18ClN3O2. The van der Waals surface area contributed by atoms with Gasteiger partial charge in [-0.05, 0) is 18.8 Å². The molecule has 0 radical (unpaired) electrons. The average Bonchev–Trinajstić information content (AvgIpc) is 2.38. The van der Waals surface area contributed by atoms with Crippen molar-refractivity contribution in [1.82, 2.24) is 15.3 Å². The number of carbonyl (C=O) groups is 1. The van der Waals surface area contributed by atoms with E-state index in [0.717, 1.165) is 25.7 Å². The van der Waals surface area contributed by atoms with Crippen LogP contribution in [0.25, 0.3) is 0 Å². The van der Waals surface area contributed by atoms with E-state index in [1.54, 1.807) is 0 Å². The Morgan fingerprint density at radius 1 is 1.63 bits per heavy atom. The van der Waals surface area contributed by atoms with Gasteiger partial charge in [-0.15, -0.1) is 0 Å². The number of aromatic nitrogens is 2. The Morgan fingerprint density at radius 3 is 3.05 bits per heavy atom. The first-order valence-electron chi connectivity index (χ1n) is 6.45. The van der Waals surface area contributed by atoms with Crippen molar-refractivity contribution in [3.63, 3.8) is 0 Å². The summed E-state index contributed by atoms with van der Waals surface area (Å²) in [6.45, 7) is 2.08. The molecule has 1 aliphatic carbocycles. The predicted molar refractivity (Wildman–Crippen MR) is 72.0 cm³/mol. The summed E-state index contributed by atoms with van der Waals surface area (Å²) in [5, 5.41) is 12.7. The van der Waals surface area contributed by atoms with Crippen molar-refractivity contribution in [3.8, 4) is 0 Å². The lowest BCUT2D eigenvalue weighted by Gasteiger charge is -2.39. The first kappa shape index (κ1) is 14.2. The van der Waals surface area contributed by atoms with Crippen molar-refractivity contribution in [2.45, 2.75) is 38.1 Å². The van der Waals surface area contributed by atoms with Gasteiger partial charge in [-0.25, -0.2) is 4.98 Å². The molecule has 0 spiro atoms. The standard InChI is InChI=1S/C13H18ClN3O2/c1-9-3-2-4-13(5-9,8-18)17-12(19)10-6-15-7-11(14)16-10/h6-7,9,18H,2-5,8H2,1H3,(H,17,19). The summed E-state index contributed by atoms with van der Waals surface area (Å²) in [7, 11) is 0. The maximum absolute atomic E-state index is 12.2. The van der Waals surface area contributed by atoms with Crippen molar-refractivity contribution in [2.24, 2.45) is 5.92 Å². The molecule has 2 N–H and O–H groups in total. The fourth-order valence-electron chi connectivity index (χ4n) is 2.71. The molecule has 2 rings (SSSR count).